The standard InChI is InChI=1S/C19H16N2O2/c1-12-5-4-6-13(9-12)21-18(22)10-15(19(21)23)16-11-20-17-8-3-2-7-14(16)17/h2-9,11,15,20H,10H2,1H3. The summed E-state index contributed by atoms with van der Waals surface area (Å²) in [5, 5.41) is 1.00. The minimum atomic E-state index is -0.417. The first-order chi connectivity index (χ1) is 11.1. The molecule has 1 unspecified atom stereocenters. The van der Waals surface area contributed by atoms with Crippen molar-refractivity contribution in [3.05, 3.63) is 65.9 Å². The number of H-pyrrole nitrogens is 1. The molecule has 2 aromatic carbocycles. The zero-order chi connectivity index (χ0) is 16.0. The summed E-state index contributed by atoms with van der Waals surface area (Å²) in [5.41, 5.74) is 3.56. The van der Waals surface area contributed by atoms with Gasteiger partial charge >= 0.3 is 0 Å². The van der Waals surface area contributed by atoms with Crippen molar-refractivity contribution >= 4 is 28.4 Å². The van der Waals surface area contributed by atoms with Gasteiger partial charge in [-0.25, -0.2) is 4.90 Å². The number of imide groups is 1. The number of para-hydroxylation sites is 1. The number of aromatic amines is 1. The third-order valence-electron chi connectivity index (χ3n) is 4.40. The Morgan fingerprint density at radius 3 is 2.74 bits per heavy atom. The zero-order valence-electron chi connectivity index (χ0n) is 12.7. The summed E-state index contributed by atoms with van der Waals surface area (Å²) in [7, 11) is 0. The van der Waals surface area contributed by atoms with Crippen LogP contribution in [0.4, 0.5) is 5.69 Å². The number of aromatic nitrogens is 1. The number of amides is 2. The molecule has 1 fully saturated rings. The summed E-state index contributed by atoms with van der Waals surface area (Å²) in [6.07, 6.45) is 2.06. The van der Waals surface area contributed by atoms with Gasteiger partial charge in [-0.3, -0.25) is 9.59 Å². The molecule has 4 rings (SSSR count). The van der Waals surface area contributed by atoms with Crippen LogP contribution in [0.5, 0.6) is 0 Å². The molecule has 1 aromatic heterocycles. The molecular weight excluding hydrogens is 288 g/mol. The van der Waals surface area contributed by atoms with Gasteiger partial charge in [0, 0.05) is 23.5 Å². The second-order valence-electron chi connectivity index (χ2n) is 5.95. The Hall–Kier alpha value is -2.88. The molecule has 3 aromatic rings. The third kappa shape index (κ3) is 2.14. The summed E-state index contributed by atoms with van der Waals surface area (Å²) >= 11 is 0. The minimum Gasteiger partial charge on any atom is -0.361 e. The summed E-state index contributed by atoms with van der Waals surface area (Å²) in [5.74, 6) is -0.708. The number of carbonyl (C=O) groups is 2. The van der Waals surface area contributed by atoms with Crippen molar-refractivity contribution in [2.75, 3.05) is 4.90 Å². The van der Waals surface area contributed by atoms with Gasteiger partial charge < -0.3 is 4.98 Å². The Balaban J connectivity index is 1.75. The molecule has 1 saturated heterocycles. The molecule has 1 atom stereocenters. The fourth-order valence-electron chi connectivity index (χ4n) is 3.30. The van der Waals surface area contributed by atoms with Gasteiger partial charge in [-0.1, -0.05) is 30.3 Å². The SMILES string of the molecule is Cc1cccc(N2C(=O)CC(c3c[nH]c4ccccc34)C2=O)c1. The molecule has 0 bridgehead atoms. The number of carbonyl (C=O) groups excluding carboxylic acids is 2. The Bertz CT molecular complexity index is 926. The lowest BCUT2D eigenvalue weighted by Gasteiger charge is -2.15. The van der Waals surface area contributed by atoms with E-state index in [9.17, 15) is 9.59 Å². The topological polar surface area (TPSA) is 53.2 Å². The molecule has 4 nitrogen and oxygen atoms in total. The average Bonchev–Trinajstić information content (AvgIpc) is 3.08. The molecule has 114 valence electrons. The highest BCUT2D eigenvalue weighted by molar-refractivity contribution is 6.23. The van der Waals surface area contributed by atoms with E-state index in [4.69, 9.17) is 0 Å². The first-order valence-electron chi connectivity index (χ1n) is 7.64. The molecule has 2 amide bonds. The highest BCUT2D eigenvalue weighted by Gasteiger charge is 2.41. The molecule has 0 saturated carbocycles. The molecule has 0 spiro atoms. The van der Waals surface area contributed by atoms with Crippen LogP contribution in [-0.4, -0.2) is 16.8 Å². The summed E-state index contributed by atoms with van der Waals surface area (Å²) in [4.78, 5) is 29.8. The van der Waals surface area contributed by atoms with Crippen LogP contribution in [0.3, 0.4) is 0 Å². The molecular formula is C19H16N2O2. The average molecular weight is 304 g/mol. The van der Waals surface area contributed by atoms with Gasteiger partial charge in [-0.05, 0) is 36.2 Å². The Morgan fingerprint density at radius 2 is 1.91 bits per heavy atom. The number of aryl methyl sites for hydroxylation is 1. The minimum absolute atomic E-state index is 0.143. The molecule has 1 N–H and O–H groups in total. The highest BCUT2D eigenvalue weighted by atomic mass is 16.2. The van der Waals surface area contributed by atoms with Gasteiger partial charge in [0.2, 0.25) is 11.8 Å². The van der Waals surface area contributed by atoms with Gasteiger partial charge in [0.05, 0.1) is 11.6 Å². The van der Waals surface area contributed by atoms with E-state index in [1.54, 1.807) is 6.07 Å². The number of rotatable bonds is 2. The number of hydrogen-bond donors (Lipinski definition) is 1. The van der Waals surface area contributed by atoms with Crippen LogP contribution >= 0.6 is 0 Å². The van der Waals surface area contributed by atoms with E-state index in [1.165, 1.54) is 4.90 Å². The predicted molar refractivity (Wildman–Crippen MR) is 89.3 cm³/mol. The number of nitrogens with one attached hydrogen (secondary N) is 1. The third-order valence-corrected chi connectivity index (χ3v) is 4.40. The Kier molecular flexibility index (Phi) is 3.05. The van der Waals surface area contributed by atoms with E-state index in [0.29, 0.717) is 5.69 Å². The molecule has 2 heterocycles. The van der Waals surface area contributed by atoms with Crippen molar-refractivity contribution in [2.24, 2.45) is 0 Å². The van der Waals surface area contributed by atoms with Crippen LogP contribution in [0.2, 0.25) is 0 Å². The smallest absolute Gasteiger partial charge is 0.241 e. The van der Waals surface area contributed by atoms with Gasteiger partial charge in [0.1, 0.15) is 0 Å². The van der Waals surface area contributed by atoms with Crippen LogP contribution in [0.1, 0.15) is 23.5 Å². The van der Waals surface area contributed by atoms with E-state index >= 15 is 0 Å². The molecule has 0 radical (unpaired) electrons. The van der Waals surface area contributed by atoms with E-state index in [1.807, 2.05) is 55.6 Å². The Morgan fingerprint density at radius 1 is 1.09 bits per heavy atom. The maximum Gasteiger partial charge on any atom is 0.241 e. The lowest BCUT2D eigenvalue weighted by molar-refractivity contribution is -0.121. The molecule has 1 aliphatic heterocycles. The second-order valence-corrected chi connectivity index (χ2v) is 5.95. The van der Waals surface area contributed by atoms with E-state index in [-0.39, 0.29) is 18.2 Å². The van der Waals surface area contributed by atoms with Crippen LogP contribution in [0.25, 0.3) is 10.9 Å². The maximum atomic E-state index is 12.9. The first-order valence-corrected chi connectivity index (χ1v) is 7.64. The number of fused-ring (bicyclic) bond motifs is 1. The molecule has 0 aliphatic carbocycles. The van der Waals surface area contributed by atoms with Crippen molar-refractivity contribution in [1.29, 1.82) is 0 Å². The number of hydrogen-bond acceptors (Lipinski definition) is 2. The first kappa shape index (κ1) is 13.8. The van der Waals surface area contributed by atoms with Gasteiger partial charge in [-0.15, -0.1) is 0 Å². The van der Waals surface area contributed by atoms with E-state index in [2.05, 4.69) is 4.98 Å². The van der Waals surface area contributed by atoms with Crippen molar-refractivity contribution in [1.82, 2.24) is 4.98 Å². The normalized spacial score (nSPS) is 18.1. The van der Waals surface area contributed by atoms with Gasteiger partial charge in [-0.2, -0.15) is 0 Å². The maximum absolute atomic E-state index is 12.9. The van der Waals surface area contributed by atoms with Crippen LogP contribution < -0.4 is 4.90 Å². The fraction of sp³-hybridized carbons (Fsp3) is 0.158. The van der Waals surface area contributed by atoms with Crippen molar-refractivity contribution in [2.45, 2.75) is 19.3 Å². The second kappa shape index (κ2) is 5.09. The molecule has 1 aliphatic rings. The number of nitrogens with zero attached hydrogens (tertiary/aromatic N) is 1. The van der Waals surface area contributed by atoms with Gasteiger partial charge in [0.15, 0.2) is 0 Å². The van der Waals surface area contributed by atoms with Crippen LogP contribution in [0.15, 0.2) is 54.7 Å². The number of anilines is 1. The van der Waals surface area contributed by atoms with Crippen LogP contribution in [-0.2, 0) is 9.59 Å². The largest absolute Gasteiger partial charge is 0.361 e. The molecule has 4 heteroatoms. The molecule has 23 heavy (non-hydrogen) atoms. The van der Waals surface area contributed by atoms with Crippen molar-refractivity contribution in [3.8, 4) is 0 Å². The lowest BCUT2D eigenvalue weighted by atomic mass is 9.97. The summed E-state index contributed by atoms with van der Waals surface area (Å²) in [6.45, 7) is 1.95. The Labute approximate surface area is 133 Å². The summed E-state index contributed by atoms with van der Waals surface area (Å²) in [6, 6.07) is 15.3. The number of benzene rings is 2. The predicted octanol–water partition coefficient (Wildman–Crippen LogP) is 3.52. The lowest BCUT2D eigenvalue weighted by Crippen LogP contribution is -2.30. The summed E-state index contributed by atoms with van der Waals surface area (Å²) < 4.78 is 0. The highest BCUT2D eigenvalue weighted by Crippen LogP contribution is 2.36. The quantitative estimate of drug-likeness (QED) is 0.736. The van der Waals surface area contributed by atoms with Crippen molar-refractivity contribution in [3.63, 3.8) is 0 Å². The monoisotopic (exact) mass is 304 g/mol. The zero-order valence-corrected chi connectivity index (χ0v) is 12.7. The fourth-order valence-corrected chi connectivity index (χ4v) is 3.30. The van der Waals surface area contributed by atoms with Crippen molar-refractivity contribution < 1.29 is 9.59 Å². The van der Waals surface area contributed by atoms with E-state index in [0.717, 1.165) is 22.0 Å². The van der Waals surface area contributed by atoms with Crippen LogP contribution in [0, 0.1) is 6.92 Å². The van der Waals surface area contributed by atoms with E-state index < -0.39 is 5.92 Å². The van der Waals surface area contributed by atoms with Gasteiger partial charge in [0.25, 0.3) is 0 Å².